The molecule has 2 amide bonds. The molecule has 0 aromatic heterocycles. The van der Waals surface area contributed by atoms with E-state index in [2.05, 4.69) is 10.6 Å². The summed E-state index contributed by atoms with van der Waals surface area (Å²) in [5.74, 6) is -3.86. The molecule has 0 radical (unpaired) electrons. The van der Waals surface area contributed by atoms with Crippen LogP contribution >= 0.6 is 0 Å². The summed E-state index contributed by atoms with van der Waals surface area (Å²) in [5, 5.41) is 22.3. The average molecular weight is 380 g/mol. The fraction of sp³-hybridized carbons (Fsp3) is 0.412. The number of nitrogens with one attached hydrogen (secondary N) is 2. The molecule has 0 bridgehead atoms. The lowest BCUT2D eigenvalue weighted by atomic mass is 10.1. The van der Waals surface area contributed by atoms with Crippen LogP contribution in [0.5, 0.6) is 0 Å². The Labute approximate surface area is 155 Å². The van der Waals surface area contributed by atoms with Crippen molar-refractivity contribution in [1.82, 2.24) is 10.6 Å². The molecule has 0 aliphatic heterocycles. The van der Waals surface area contributed by atoms with E-state index in [1.807, 2.05) is 0 Å². The molecule has 0 saturated heterocycles. The lowest BCUT2D eigenvalue weighted by Gasteiger charge is -2.20. The van der Waals surface area contributed by atoms with Gasteiger partial charge in [0.2, 0.25) is 11.8 Å². The Hall–Kier alpha value is -3.14. The summed E-state index contributed by atoms with van der Waals surface area (Å²) < 4.78 is 0. The number of carbonyl (C=O) groups excluding carboxylic acids is 2. The highest BCUT2D eigenvalue weighted by atomic mass is 16.4. The summed E-state index contributed by atoms with van der Waals surface area (Å²) in [6.07, 6.45) is -0.449. The molecule has 10 nitrogen and oxygen atoms in total. The third-order valence-electron chi connectivity index (χ3n) is 3.79. The standard InChI is InChI=1S/C17H24N4O6/c1-9(15(24)21-13(17(26)27)6-7-14(22)23)20-16(25)12(19)8-10-2-4-11(18)5-3-10/h2-5,9,12-13H,6-8,18-19H2,1H3,(H,20,25)(H,21,24)(H,22,23)(H,26,27)/t9-,12+,13-/m1/s1. The molecule has 0 unspecified atom stereocenters. The van der Waals surface area contributed by atoms with Crippen LogP contribution in [0.4, 0.5) is 5.69 Å². The van der Waals surface area contributed by atoms with Crippen LogP contribution in [-0.4, -0.2) is 52.1 Å². The van der Waals surface area contributed by atoms with E-state index in [1.165, 1.54) is 6.92 Å². The van der Waals surface area contributed by atoms with Crippen LogP contribution in [0.3, 0.4) is 0 Å². The van der Waals surface area contributed by atoms with E-state index < -0.39 is 48.3 Å². The molecule has 0 fully saturated rings. The van der Waals surface area contributed by atoms with E-state index in [0.717, 1.165) is 5.56 Å². The zero-order chi connectivity index (χ0) is 20.6. The van der Waals surface area contributed by atoms with Crippen LogP contribution in [0.25, 0.3) is 0 Å². The minimum absolute atomic E-state index is 0.233. The van der Waals surface area contributed by atoms with E-state index in [4.69, 9.17) is 21.7 Å². The van der Waals surface area contributed by atoms with Crippen molar-refractivity contribution >= 4 is 29.4 Å². The molecule has 1 rings (SSSR count). The number of carboxylic acids is 2. The average Bonchev–Trinajstić information content (AvgIpc) is 2.59. The van der Waals surface area contributed by atoms with Gasteiger partial charge in [0, 0.05) is 12.1 Å². The van der Waals surface area contributed by atoms with Crippen molar-refractivity contribution in [3.63, 3.8) is 0 Å². The van der Waals surface area contributed by atoms with Crippen molar-refractivity contribution in [2.24, 2.45) is 5.73 Å². The van der Waals surface area contributed by atoms with Gasteiger partial charge in [0.15, 0.2) is 0 Å². The summed E-state index contributed by atoms with van der Waals surface area (Å²) in [5.41, 5.74) is 12.8. The molecular weight excluding hydrogens is 356 g/mol. The van der Waals surface area contributed by atoms with Crippen molar-refractivity contribution in [2.75, 3.05) is 5.73 Å². The Kier molecular flexibility index (Phi) is 8.21. The zero-order valence-electron chi connectivity index (χ0n) is 14.8. The molecule has 0 aliphatic carbocycles. The first kappa shape index (κ1) is 21.9. The third-order valence-corrected chi connectivity index (χ3v) is 3.79. The highest BCUT2D eigenvalue weighted by Crippen LogP contribution is 2.07. The van der Waals surface area contributed by atoms with Crippen LogP contribution in [0.1, 0.15) is 25.3 Å². The molecule has 1 aromatic carbocycles. The van der Waals surface area contributed by atoms with Gasteiger partial charge in [-0.05, 0) is 37.5 Å². The Bertz CT molecular complexity index is 691. The number of carboxylic acid groups (broad SMARTS) is 2. The normalized spacial score (nSPS) is 13.9. The molecular formula is C17H24N4O6. The number of rotatable bonds is 10. The fourth-order valence-corrected chi connectivity index (χ4v) is 2.21. The second-order valence-electron chi connectivity index (χ2n) is 6.11. The van der Waals surface area contributed by atoms with Crippen LogP contribution in [-0.2, 0) is 25.6 Å². The van der Waals surface area contributed by atoms with E-state index in [-0.39, 0.29) is 12.8 Å². The van der Waals surface area contributed by atoms with E-state index in [0.29, 0.717) is 5.69 Å². The fourth-order valence-electron chi connectivity index (χ4n) is 2.21. The van der Waals surface area contributed by atoms with Gasteiger partial charge in [0.1, 0.15) is 12.1 Å². The van der Waals surface area contributed by atoms with Gasteiger partial charge in [-0.3, -0.25) is 14.4 Å². The minimum atomic E-state index is -1.36. The Morgan fingerprint density at radius 3 is 2.15 bits per heavy atom. The molecule has 8 N–H and O–H groups in total. The molecule has 10 heteroatoms. The number of nitrogens with two attached hydrogens (primary N) is 2. The Balaban J connectivity index is 2.56. The third kappa shape index (κ3) is 7.74. The molecule has 27 heavy (non-hydrogen) atoms. The number of hydrogen-bond donors (Lipinski definition) is 6. The molecule has 1 aromatic rings. The van der Waals surface area contributed by atoms with Crippen LogP contribution < -0.4 is 22.1 Å². The van der Waals surface area contributed by atoms with Gasteiger partial charge in [-0.1, -0.05) is 12.1 Å². The van der Waals surface area contributed by atoms with Crippen molar-refractivity contribution < 1.29 is 29.4 Å². The SMILES string of the molecule is C[C@@H](NC(=O)[C@@H](N)Cc1ccc(N)cc1)C(=O)N[C@H](CCC(=O)O)C(=O)O. The topological polar surface area (TPSA) is 185 Å². The van der Waals surface area contributed by atoms with Crippen LogP contribution in [0.2, 0.25) is 0 Å². The van der Waals surface area contributed by atoms with Crippen molar-refractivity contribution in [3.05, 3.63) is 29.8 Å². The second kappa shape index (κ2) is 10.1. The van der Waals surface area contributed by atoms with Gasteiger partial charge in [0.05, 0.1) is 6.04 Å². The number of hydrogen-bond acceptors (Lipinski definition) is 6. The largest absolute Gasteiger partial charge is 0.481 e. The van der Waals surface area contributed by atoms with Crippen molar-refractivity contribution in [1.29, 1.82) is 0 Å². The molecule has 0 heterocycles. The number of benzene rings is 1. The zero-order valence-corrected chi connectivity index (χ0v) is 14.8. The second-order valence-corrected chi connectivity index (χ2v) is 6.11. The van der Waals surface area contributed by atoms with Gasteiger partial charge in [-0.25, -0.2) is 4.79 Å². The molecule has 0 spiro atoms. The molecule has 0 aliphatic rings. The molecule has 148 valence electrons. The van der Waals surface area contributed by atoms with Gasteiger partial charge >= 0.3 is 11.9 Å². The van der Waals surface area contributed by atoms with Gasteiger partial charge in [-0.15, -0.1) is 0 Å². The molecule has 0 saturated carbocycles. The summed E-state index contributed by atoms with van der Waals surface area (Å²) in [6, 6.07) is 3.51. The minimum Gasteiger partial charge on any atom is -0.481 e. The van der Waals surface area contributed by atoms with Crippen molar-refractivity contribution in [3.8, 4) is 0 Å². The maximum atomic E-state index is 12.1. The van der Waals surface area contributed by atoms with Crippen LogP contribution in [0.15, 0.2) is 24.3 Å². The van der Waals surface area contributed by atoms with Gasteiger partial charge < -0.3 is 32.3 Å². The van der Waals surface area contributed by atoms with E-state index in [9.17, 15) is 19.2 Å². The number of aliphatic carboxylic acids is 2. The van der Waals surface area contributed by atoms with Crippen molar-refractivity contribution in [2.45, 2.75) is 44.3 Å². The van der Waals surface area contributed by atoms with Gasteiger partial charge in [0.25, 0.3) is 0 Å². The Morgan fingerprint density at radius 1 is 1.04 bits per heavy atom. The highest BCUT2D eigenvalue weighted by molar-refractivity contribution is 5.91. The highest BCUT2D eigenvalue weighted by Gasteiger charge is 2.25. The summed E-state index contributed by atoms with van der Waals surface area (Å²) in [4.78, 5) is 45.8. The van der Waals surface area contributed by atoms with E-state index in [1.54, 1.807) is 24.3 Å². The van der Waals surface area contributed by atoms with E-state index >= 15 is 0 Å². The number of carbonyl (C=O) groups is 4. The number of anilines is 1. The lowest BCUT2D eigenvalue weighted by molar-refractivity contribution is -0.143. The number of nitrogen functional groups attached to an aromatic ring is 1. The van der Waals surface area contributed by atoms with Crippen LogP contribution in [0, 0.1) is 0 Å². The first-order valence-corrected chi connectivity index (χ1v) is 8.25. The van der Waals surface area contributed by atoms with Gasteiger partial charge in [-0.2, -0.15) is 0 Å². The summed E-state index contributed by atoms with van der Waals surface area (Å²) in [7, 11) is 0. The smallest absolute Gasteiger partial charge is 0.326 e. The summed E-state index contributed by atoms with van der Waals surface area (Å²) >= 11 is 0. The maximum Gasteiger partial charge on any atom is 0.326 e. The Morgan fingerprint density at radius 2 is 1.63 bits per heavy atom. The first-order chi connectivity index (χ1) is 12.6. The summed E-state index contributed by atoms with van der Waals surface area (Å²) in [6.45, 7) is 1.37. The quantitative estimate of drug-likeness (QED) is 0.281. The number of amides is 2. The predicted molar refractivity (Wildman–Crippen MR) is 96.6 cm³/mol. The lowest BCUT2D eigenvalue weighted by Crippen LogP contribution is -2.53. The predicted octanol–water partition coefficient (Wildman–Crippen LogP) is -0.922. The first-order valence-electron chi connectivity index (χ1n) is 8.25. The molecule has 3 atom stereocenters. The monoisotopic (exact) mass is 380 g/mol. The maximum absolute atomic E-state index is 12.1.